The molecule has 0 amide bonds. The molecule has 0 aromatic heterocycles. The van der Waals surface area contributed by atoms with E-state index in [1.807, 2.05) is 0 Å². The third kappa shape index (κ3) is 4.80. The number of ether oxygens (including phenoxy) is 1. The predicted molar refractivity (Wildman–Crippen MR) is 43.9 cm³/mol. The standard InChI is InChI=1S/C6H11O6P/c1-4-6(7)11-5-12-13(8,9-2)10-3/h4H,1,5H2,2-3H3. The van der Waals surface area contributed by atoms with E-state index in [1.54, 1.807) is 0 Å². The molecule has 7 heteroatoms. The SMILES string of the molecule is C=CC(=O)OCOP(=O)(OC)OC. The van der Waals surface area contributed by atoms with Crippen molar-refractivity contribution in [3.63, 3.8) is 0 Å². The van der Waals surface area contributed by atoms with Crippen molar-refractivity contribution in [1.29, 1.82) is 0 Å². The Hall–Kier alpha value is -0.680. The molecule has 6 nitrogen and oxygen atoms in total. The summed E-state index contributed by atoms with van der Waals surface area (Å²) in [7, 11) is -1.25. The number of phosphoric ester groups is 1. The fourth-order valence-electron chi connectivity index (χ4n) is 0.388. The molecule has 0 aliphatic rings. The molecule has 0 saturated carbocycles. The highest BCUT2D eigenvalue weighted by atomic mass is 31.2. The summed E-state index contributed by atoms with van der Waals surface area (Å²) in [4.78, 5) is 10.5. The number of hydrogen-bond acceptors (Lipinski definition) is 6. The molecule has 76 valence electrons. The fraction of sp³-hybridized carbons (Fsp3) is 0.500. The van der Waals surface area contributed by atoms with Gasteiger partial charge in [-0.25, -0.2) is 13.9 Å². The van der Waals surface area contributed by atoms with Crippen molar-refractivity contribution < 1.29 is 27.7 Å². The molecule has 0 heterocycles. The molecular weight excluding hydrogens is 199 g/mol. The number of hydrogen-bond donors (Lipinski definition) is 0. The summed E-state index contributed by atoms with van der Waals surface area (Å²) in [6.45, 7) is 2.64. The summed E-state index contributed by atoms with van der Waals surface area (Å²) < 4.78 is 28.8. The third-order valence-corrected chi connectivity index (χ3v) is 2.34. The van der Waals surface area contributed by atoms with E-state index in [4.69, 9.17) is 0 Å². The van der Waals surface area contributed by atoms with Crippen LogP contribution in [-0.4, -0.2) is 27.0 Å². The molecule has 0 radical (unpaired) electrons. The quantitative estimate of drug-likeness (QED) is 0.283. The van der Waals surface area contributed by atoms with Crippen LogP contribution >= 0.6 is 7.82 Å². The Balaban J connectivity index is 3.81. The number of phosphoric acid groups is 1. The van der Waals surface area contributed by atoms with Gasteiger partial charge in [-0.2, -0.15) is 0 Å². The molecule has 0 aliphatic carbocycles. The minimum Gasteiger partial charge on any atom is -0.435 e. The van der Waals surface area contributed by atoms with E-state index < -0.39 is 20.6 Å². The van der Waals surface area contributed by atoms with Crippen LogP contribution in [0.15, 0.2) is 12.7 Å². The van der Waals surface area contributed by atoms with E-state index in [-0.39, 0.29) is 0 Å². The number of esters is 1. The molecule has 0 bridgehead atoms. The van der Waals surface area contributed by atoms with Gasteiger partial charge in [-0.15, -0.1) is 0 Å². The van der Waals surface area contributed by atoms with E-state index in [1.165, 1.54) is 0 Å². The van der Waals surface area contributed by atoms with Crippen molar-refractivity contribution in [2.24, 2.45) is 0 Å². The molecule has 13 heavy (non-hydrogen) atoms. The zero-order chi connectivity index (χ0) is 10.3. The molecule has 0 rings (SSSR count). The van der Waals surface area contributed by atoms with Gasteiger partial charge in [0, 0.05) is 20.3 Å². The Bertz CT molecular complexity index is 217. The van der Waals surface area contributed by atoms with Gasteiger partial charge in [-0.05, 0) is 0 Å². The predicted octanol–water partition coefficient (Wildman–Crippen LogP) is 1.09. The highest BCUT2D eigenvalue weighted by molar-refractivity contribution is 7.48. The molecule has 0 saturated heterocycles. The van der Waals surface area contributed by atoms with Gasteiger partial charge in [-0.3, -0.25) is 9.05 Å². The van der Waals surface area contributed by atoms with Gasteiger partial charge >= 0.3 is 13.8 Å². The Kier molecular flexibility index (Phi) is 5.57. The normalized spacial score (nSPS) is 10.9. The van der Waals surface area contributed by atoms with Gasteiger partial charge in [0.05, 0.1) is 0 Å². The monoisotopic (exact) mass is 210 g/mol. The van der Waals surface area contributed by atoms with E-state index in [2.05, 4.69) is 24.9 Å². The Morgan fingerprint density at radius 3 is 2.38 bits per heavy atom. The van der Waals surface area contributed by atoms with Crippen molar-refractivity contribution in [1.82, 2.24) is 0 Å². The minimum absolute atomic E-state index is 0.510. The van der Waals surface area contributed by atoms with E-state index in [0.29, 0.717) is 0 Å². The van der Waals surface area contributed by atoms with Crippen molar-refractivity contribution in [3.8, 4) is 0 Å². The topological polar surface area (TPSA) is 71.1 Å². The lowest BCUT2D eigenvalue weighted by atomic mass is 10.7. The first-order valence-electron chi connectivity index (χ1n) is 3.23. The van der Waals surface area contributed by atoms with Crippen LogP contribution in [0.1, 0.15) is 0 Å². The maximum atomic E-state index is 11.1. The summed E-state index contributed by atoms with van der Waals surface area (Å²) in [5, 5.41) is 0. The van der Waals surface area contributed by atoms with Crippen LogP contribution in [0.2, 0.25) is 0 Å². The zero-order valence-electron chi connectivity index (χ0n) is 7.39. The fourth-order valence-corrected chi connectivity index (χ4v) is 0.930. The minimum atomic E-state index is -3.56. The summed E-state index contributed by atoms with van der Waals surface area (Å²) in [5.74, 6) is -0.682. The number of carbonyl (C=O) groups is 1. The highest BCUT2D eigenvalue weighted by Gasteiger charge is 2.22. The van der Waals surface area contributed by atoms with Crippen LogP contribution in [0.5, 0.6) is 0 Å². The van der Waals surface area contributed by atoms with E-state index in [0.717, 1.165) is 20.3 Å². The van der Waals surface area contributed by atoms with E-state index in [9.17, 15) is 9.36 Å². The Labute approximate surface area is 76.0 Å². The lowest BCUT2D eigenvalue weighted by Crippen LogP contribution is -2.05. The second-order valence-corrected chi connectivity index (χ2v) is 3.61. The Morgan fingerprint density at radius 1 is 1.46 bits per heavy atom. The molecule has 0 aromatic carbocycles. The second-order valence-electron chi connectivity index (χ2n) is 1.73. The van der Waals surface area contributed by atoms with Gasteiger partial charge in [0.15, 0.2) is 0 Å². The molecule has 0 unspecified atom stereocenters. The van der Waals surface area contributed by atoms with Crippen LogP contribution in [0.3, 0.4) is 0 Å². The van der Waals surface area contributed by atoms with Crippen molar-refractivity contribution in [3.05, 3.63) is 12.7 Å². The maximum Gasteiger partial charge on any atom is 0.477 e. The van der Waals surface area contributed by atoms with Crippen LogP contribution in [0, 0.1) is 0 Å². The summed E-state index contributed by atoms with van der Waals surface area (Å²) in [6.07, 6.45) is 0.952. The number of carbonyl (C=O) groups excluding carboxylic acids is 1. The molecule has 0 fully saturated rings. The first kappa shape index (κ1) is 12.3. The summed E-state index contributed by atoms with van der Waals surface area (Å²) >= 11 is 0. The van der Waals surface area contributed by atoms with E-state index >= 15 is 0 Å². The summed E-state index contributed by atoms with van der Waals surface area (Å²) in [5.41, 5.74) is 0. The highest BCUT2D eigenvalue weighted by Crippen LogP contribution is 2.47. The Morgan fingerprint density at radius 2 is 2.00 bits per heavy atom. The molecule has 0 aromatic rings. The van der Waals surface area contributed by atoms with Crippen molar-refractivity contribution >= 4 is 13.8 Å². The smallest absolute Gasteiger partial charge is 0.435 e. The largest absolute Gasteiger partial charge is 0.477 e. The average molecular weight is 210 g/mol. The number of rotatable bonds is 6. The van der Waals surface area contributed by atoms with Crippen molar-refractivity contribution in [2.45, 2.75) is 0 Å². The average Bonchev–Trinajstić information content (AvgIpc) is 2.17. The van der Waals surface area contributed by atoms with Crippen LogP contribution in [0.4, 0.5) is 0 Å². The van der Waals surface area contributed by atoms with Gasteiger partial charge < -0.3 is 4.74 Å². The first-order chi connectivity index (χ1) is 6.08. The summed E-state index contributed by atoms with van der Waals surface area (Å²) in [6, 6.07) is 0. The lowest BCUT2D eigenvalue weighted by molar-refractivity contribution is -0.144. The molecule has 0 spiro atoms. The second kappa shape index (κ2) is 5.88. The van der Waals surface area contributed by atoms with Crippen LogP contribution in [-0.2, 0) is 27.7 Å². The lowest BCUT2D eigenvalue weighted by Gasteiger charge is -2.12. The molecular formula is C6H11O6P. The van der Waals surface area contributed by atoms with Crippen molar-refractivity contribution in [2.75, 3.05) is 21.0 Å². The van der Waals surface area contributed by atoms with Crippen LogP contribution < -0.4 is 0 Å². The van der Waals surface area contributed by atoms with Crippen LogP contribution in [0.25, 0.3) is 0 Å². The van der Waals surface area contributed by atoms with Gasteiger partial charge in [0.25, 0.3) is 0 Å². The molecule has 0 N–H and O–H groups in total. The molecule has 0 atom stereocenters. The van der Waals surface area contributed by atoms with Gasteiger partial charge in [0.2, 0.25) is 6.79 Å². The third-order valence-electron chi connectivity index (χ3n) is 1.03. The van der Waals surface area contributed by atoms with Gasteiger partial charge in [-0.1, -0.05) is 6.58 Å². The van der Waals surface area contributed by atoms with Gasteiger partial charge in [0.1, 0.15) is 0 Å². The maximum absolute atomic E-state index is 11.1. The first-order valence-corrected chi connectivity index (χ1v) is 4.69. The zero-order valence-corrected chi connectivity index (χ0v) is 8.28. The molecule has 0 aliphatic heterocycles.